The van der Waals surface area contributed by atoms with Crippen molar-refractivity contribution < 1.29 is 22.7 Å². The number of urea groups is 1. The lowest BCUT2D eigenvalue weighted by atomic mass is 10.2. The maximum Gasteiger partial charge on any atom is 0.422 e. The Labute approximate surface area is 152 Å². The van der Waals surface area contributed by atoms with Gasteiger partial charge in [0.1, 0.15) is 5.75 Å². The predicted octanol–water partition coefficient (Wildman–Crippen LogP) is 3.55. The molecule has 0 atom stereocenters. The van der Waals surface area contributed by atoms with Crippen LogP contribution in [-0.4, -0.2) is 49.9 Å². The molecule has 0 radical (unpaired) electrons. The van der Waals surface area contributed by atoms with E-state index in [-0.39, 0.29) is 18.3 Å². The Hall–Kier alpha value is -1.96. The summed E-state index contributed by atoms with van der Waals surface area (Å²) < 4.78 is 41.2. The minimum atomic E-state index is -4.38. The van der Waals surface area contributed by atoms with Gasteiger partial charge in [-0.05, 0) is 58.0 Å². The molecule has 0 spiro atoms. The molecule has 1 aromatic rings. The van der Waals surface area contributed by atoms with E-state index in [0.29, 0.717) is 18.2 Å². The number of hydrogen-bond donors (Lipinski definition) is 2. The van der Waals surface area contributed by atoms with Gasteiger partial charge in [-0.1, -0.05) is 12.1 Å². The Morgan fingerprint density at radius 2 is 1.96 bits per heavy atom. The highest BCUT2D eigenvalue weighted by Crippen LogP contribution is 2.19. The van der Waals surface area contributed by atoms with E-state index in [1.807, 2.05) is 0 Å². The number of ether oxygens (including phenoxy) is 1. The van der Waals surface area contributed by atoms with Crippen LogP contribution < -0.4 is 15.4 Å². The van der Waals surface area contributed by atoms with Crippen molar-refractivity contribution in [3.8, 4) is 5.75 Å². The molecule has 1 rings (SSSR count). The second-order valence-corrected chi connectivity index (χ2v) is 6.44. The number of halogens is 3. The van der Waals surface area contributed by atoms with Crippen LogP contribution in [0, 0.1) is 0 Å². The lowest BCUT2D eigenvalue weighted by Crippen LogP contribution is -2.36. The molecular formula is C18H28F3N3O2. The molecule has 1 aromatic carbocycles. The molecule has 0 unspecified atom stereocenters. The molecule has 2 amide bonds. The highest BCUT2D eigenvalue weighted by atomic mass is 19.4. The van der Waals surface area contributed by atoms with E-state index >= 15 is 0 Å². The van der Waals surface area contributed by atoms with Gasteiger partial charge in [0, 0.05) is 19.1 Å². The summed E-state index contributed by atoms with van der Waals surface area (Å²) in [5.41, 5.74) is 0.665. The third kappa shape index (κ3) is 10.1. The Balaban J connectivity index is 2.24. The van der Waals surface area contributed by atoms with E-state index in [0.717, 1.165) is 19.4 Å². The Morgan fingerprint density at radius 1 is 1.23 bits per heavy atom. The number of nitrogens with zero attached hydrogens (tertiary/aromatic N) is 1. The Kier molecular flexibility index (Phi) is 9.26. The molecule has 5 nitrogen and oxygen atoms in total. The number of nitrogens with one attached hydrogen (secondary N) is 2. The van der Waals surface area contributed by atoms with E-state index in [2.05, 4.69) is 41.2 Å². The molecule has 8 heteroatoms. The van der Waals surface area contributed by atoms with Gasteiger partial charge in [0.05, 0.1) is 0 Å². The fourth-order valence-corrected chi connectivity index (χ4v) is 2.10. The van der Waals surface area contributed by atoms with Crippen LogP contribution in [0.15, 0.2) is 24.3 Å². The van der Waals surface area contributed by atoms with E-state index in [1.54, 1.807) is 12.1 Å². The van der Waals surface area contributed by atoms with Crippen LogP contribution in [0.2, 0.25) is 0 Å². The minimum absolute atomic E-state index is 0.122. The summed E-state index contributed by atoms with van der Waals surface area (Å²) in [6, 6.07) is 6.43. The van der Waals surface area contributed by atoms with Crippen molar-refractivity contribution in [2.45, 2.75) is 45.5 Å². The van der Waals surface area contributed by atoms with Crippen molar-refractivity contribution in [3.63, 3.8) is 0 Å². The summed E-state index contributed by atoms with van der Waals surface area (Å²) >= 11 is 0. The van der Waals surface area contributed by atoms with E-state index in [4.69, 9.17) is 0 Å². The molecule has 0 aliphatic rings. The quantitative estimate of drug-likeness (QED) is 0.615. The second-order valence-electron chi connectivity index (χ2n) is 6.44. The molecule has 0 aliphatic heterocycles. The van der Waals surface area contributed by atoms with Crippen LogP contribution in [0.3, 0.4) is 0 Å². The van der Waals surface area contributed by atoms with Gasteiger partial charge in [-0.25, -0.2) is 4.79 Å². The van der Waals surface area contributed by atoms with Gasteiger partial charge in [-0.2, -0.15) is 13.2 Å². The highest BCUT2D eigenvalue weighted by Gasteiger charge is 2.28. The van der Waals surface area contributed by atoms with Gasteiger partial charge < -0.3 is 20.3 Å². The number of carbonyl (C=O) groups excluding carboxylic acids is 1. The first-order chi connectivity index (χ1) is 12.2. The zero-order valence-corrected chi connectivity index (χ0v) is 15.5. The summed E-state index contributed by atoms with van der Waals surface area (Å²) in [6.45, 7) is 4.70. The van der Waals surface area contributed by atoms with Crippen LogP contribution in [0.4, 0.5) is 18.0 Å². The van der Waals surface area contributed by atoms with Crippen molar-refractivity contribution >= 4 is 6.03 Å². The SMILES string of the molecule is CC(C)N(C)CCCCNC(=O)NCc1cccc(OCC(F)(F)F)c1. The van der Waals surface area contributed by atoms with Gasteiger partial charge in [-0.3, -0.25) is 0 Å². The normalized spacial score (nSPS) is 11.7. The van der Waals surface area contributed by atoms with Gasteiger partial charge in [0.15, 0.2) is 6.61 Å². The molecule has 0 aliphatic carbocycles. The molecule has 148 valence electrons. The monoisotopic (exact) mass is 375 g/mol. The number of unbranched alkanes of at least 4 members (excludes halogenated alkanes) is 1. The second kappa shape index (κ2) is 10.9. The fraction of sp³-hybridized carbons (Fsp3) is 0.611. The van der Waals surface area contributed by atoms with Gasteiger partial charge in [-0.15, -0.1) is 0 Å². The first-order valence-electron chi connectivity index (χ1n) is 8.68. The lowest BCUT2D eigenvalue weighted by Gasteiger charge is -2.20. The predicted molar refractivity (Wildman–Crippen MR) is 95.2 cm³/mol. The zero-order chi connectivity index (χ0) is 19.6. The number of carbonyl (C=O) groups is 1. The number of hydrogen-bond acceptors (Lipinski definition) is 3. The third-order valence-electron chi connectivity index (χ3n) is 3.86. The van der Waals surface area contributed by atoms with Crippen LogP contribution in [-0.2, 0) is 6.54 Å². The van der Waals surface area contributed by atoms with E-state index in [1.165, 1.54) is 12.1 Å². The molecule has 0 saturated carbocycles. The number of rotatable bonds is 10. The van der Waals surface area contributed by atoms with Gasteiger partial charge >= 0.3 is 12.2 Å². The first-order valence-corrected chi connectivity index (χ1v) is 8.68. The van der Waals surface area contributed by atoms with Crippen molar-refractivity contribution in [3.05, 3.63) is 29.8 Å². The average molecular weight is 375 g/mol. The highest BCUT2D eigenvalue weighted by molar-refractivity contribution is 5.73. The topological polar surface area (TPSA) is 53.6 Å². The lowest BCUT2D eigenvalue weighted by molar-refractivity contribution is -0.153. The molecule has 0 bridgehead atoms. The average Bonchev–Trinajstić information content (AvgIpc) is 2.57. The maximum absolute atomic E-state index is 12.2. The van der Waals surface area contributed by atoms with E-state index < -0.39 is 12.8 Å². The van der Waals surface area contributed by atoms with Crippen LogP contribution in [0.5, 0.6) is 5.75 Å². The number of alkyl halides is 3. The number of amides is 2. The van der Waals surface area contributed by atoms with E-state index in [9.17, 15) is 18.0 Å². The van der Waals surface area contributed by atoms with Crippen molar-refractivity contribution in [2.24, 2.45) is 0 Å². The van der Waals surface area contributed by atoms with Crippen molar-refractivity contribution in [1.29, 1.82) is 0 Å². The minimum Gasteiger partial charge on any atom is -0.484 e. The van der Waals surface area contributed by atoms with Crippen molar-refractivity contribution in [2.75, 3.05) is 26.7 Å². The third-order valence-corrected chi connectivity index (χ3v) is 3.86. The summed E-state index contributed by atoms with van der Waals surface area (Å²) in [4.78, 5) is 14.0. The molecule has 2 N–H and O–H groups in total. The molecule has 0 saturated heterocycles. The largest absolute Gasteiger partial charge is 0.484 e. The smallest absolute Gasteiger partial charge is 0.422 e. The van der Waals surface area contributed by atoms with Gasteiger partial charge in [0.25, 0.3) is 0 Å². The summed E-state index contributed by atoms with van der Waals surface area (Å²) in [7, 11) is 2.07. The molecule has 0 heterocycles. The Morgan fingerprint density at radius 3 is 2.62 bits per heavy atom. The molecule has 26 heavy (non-hydrogen) atoms. The first kappa shape index (κ1) is 22.1. The zero-order valence-electron chi connectivity index (χ0n) is 15.5. The molecule has 0 fully saturated rings. The Bertz CT molecular complexity index is 551. The van der Waals surface area contributed by atoms with Crippen LogP contribution >= 0.6 is 0 Å². The maximum atomic E-state index is 12.2. The standard InChI is InChI=1S/C18H28F3N3O2/c1-14(2)24(3)10-5-4-9-22-17(25)23-12-15-7-6-8-16(11-15)26-13-18(19,20)21/h6-8,11,14H,4-5,9-10,12-13H2,1-3H3,(H2,22,23,25). The summed E-state index contributed by atoms with van der Waals surface area (Å²) in [6.07, 6.45) is -2.50. The number of benzene rings is 1. The fourth-order valence-electron chi connectivity index (χ4n) is 2.10. The van der Waals surface area contributed by atoms with Crippen LogP contribution in [0.25, 0.3) is 0 Å². The summed E-state index contributed by atoms with van der Waals surface area (Å²) in [5.74, 6) is 0.122. The summed E-state index contributed by atoms with van der Waals surface area (Å²) in [5, 5.41) is 5.45. The van der Waals surface area contributed by atoms with Crippen LogP contribution in [0.1, 0.15) is 32.3 Å². The van der Waals surface area contributed by atoms with Crippen molar-refractivity contribution in [1.82, 2.24) is 15.5 Å². The molecule has 0 aromatic heterocycles. The van der Waals surface area contributed by atoms with Gasteiger partial charge in [0.2, 0.25) is 0 Å². The molecular weight excluding hydrogens is 347 g/mol.